The van der Waals surface area contributed by atoms with E-state index in [2.05, 4.69) is 29.2 Å². The highest BCUT2D eigenvalue weighted by Crippen LogP contribution is 2.20. The molecule has 0 aliphatic carbocycles. The van der Waals surface area contributed by atoms with Gasteiger partial charge in [0.15, 0.2) is 5.65 Å². The van der Waals surface area contributed by atoms with Gasteiger partial charge in [0.1, 0.15) is 0 Å². The summed E-state index contributed by atoms with van der Waals surface area (Å²) in [7, 11) is 0. The summed E-state index contributed by atoms with van der Waals surface area (Å²) in [5.41, 5.74) is 2.08. The maximum Gasteiger partial charge on any atom is 0.243 e. The van der Waals surface area contributed by atoms with Crippen molar-refractivity contribution in [1.29, 1.82) is 0 Å². The molecule has 96 valence electrons. The molecule has 3 rings (SSSR count). The van der Waals surface area contributed by atoms with Gasteiger partial charge in [-0.05, 0) is 38.0 Å². The summed E-state index contributed by atoms with van der Waals surface area (Å²) < 4.78 is 7.34. The summed E-state index contributed by atoms with van der Waals surface area (Å²) >= 11 is 0. The van der Waals surface area contributed by atoms with Gasteiger partial charge >= 0.3 is 0 Å². The van der Waals surface area contributed by atoms with E-state index < -0.39 is 0 Å². The minimum atomic E-state index is 0.330. The van der Waals surface area contributed by atoms with Crippen LogP contribution in [-0.4, -0.2) is 33.9 Å². The first-order valence-corrected chi connectivity index (χ1v) is 6.41. The Morgan fingerprint density at radius 3 is 3.22 bits per heavy atom. The Labute approximate surface area is 106 Å². The van der Waals surface area contributed by atoms with Crippen molar-refractivity contribution in [2.24, 2.45) is 5.92 Å². The number of rotatable bonds is 3. The van der Waals surface area contributed by atoms with Gasteiger partial charge in [-0.25, -0.2) is 4.52 Å². The molecule has 0 amide bonds. The lowest BCUT2D eigenvalue weighted by atomic mass is 10.0. The average Bonchev–Trinajstić information content (AvgIpc) is 2.92. The number of nitrogens with zero attached hydrogens (tertiary/aromatic N) is 3. The van der Waals surface area contributed by atoms with Crippen LogP contribution in [0, 0.1) is 12.8 Å². The molecule has 0 saturated carbocycles. The fourth-order valence-corrected chi connectivity index (χ4v) is 2.32. The average molecular weight is 246 g/mol. The van der Waals surface area contributed by atoms with E-state index in [0.717, 1.165) is 25.2 Å². The Balaban J connectivity index is 1.71. The van der Waals surface area contributed by atoms with Crippen molar-refractivity contribution < 1.29 is 4.74 Å². The van der Waals surface area contributed by atoms with Crippen molar-refractivity contribution in [3.05, 3.63) is 23.9 Å². The van der Waals surface area contributed by atoms with E-state index in [1.807, 2.05) is 18.3 Å². The fraction of sp³-hybridized carbons (Fsp3) is 0.538. The maximum atomic E-state index is 5.54. The van der Waals surface area contributed by atoms with E-state index in [9.17, 15) is 0 Å². The minimum Gasteiger partial charge on any atom is -0.378 e. The molecule has 2 atom stereocenters. The zero-order valence-electron chi connectivity index (χ0n) is 10.8. The standard InChI is InChI=1S/C13H18N4O/c1-9-3-5-17-12(7-9)15-13(16-17)14-8-11-4-6-18-10(11)2/h3,5,7,10-11H,4,6,8H2,1-2H3,(H,14,16). The Morgan fingerprint density at radius 2 is 2.44 bits per heavy atom. The zero-order chi connectivity index (χ0) is 12.5. The van der Waals surface area contributed by atoms with Gasteiger partial charge in [0.05, 0.1) is 6.10 Å². The molecule has 5 nitrogen and oxygen atoms in total. The van der Waals surface area contributed by atoms with Gasteiger partial charge in [0.2, 0.25) is 5.95 Å². The SMILES string of the molecule is Cc1ccn2nc(NCC3CCOC3C)nc2c1. The molecule has 0 aromatic carbocycles. The second-order valence-electron chi connectivity index (χ2n) is 4.95. The van der Waals surface area contributed by atoms with Crippen molar-refractivity contribution >= 4 is 11.6 Å². The third-order valence-electron chi connectivity index (χ3n) is 3.55. The lowest BCUT2D eigenvalue weighted by molar-refractivity contribution is 0.108. The smallest absolute Gasteiger partial charge is 0.243 e. The van der Waals surface area contributed by atoms with Crippen LogP contribution in [0.25, 0.3) is 5.65 Å². The summed E-state index contributed by atoms with van der Waals surface area (Å²) in [6.07, 6.45) is 3.38. The topological polar surface area (TPSA) is 51.5 Å². The summed E-state index contributed by atoms with van der Waals surface area (Å²) in [6.45, 7) is 5.92. The second-order valence-corrected chi connectivity index (χ2v) is 4.95. The van der Waals surface area contributed by atoms with Crippen LogP contribution in [0.1, 0.15) is 18.9 Å². The molecule has 0 bridgehead atoms. The molecule has 3 heterocycles. The van der Waals surface area contributed by atoms with E-state index in [1.165, 1.54) is 5.56 Å². The minimum absolute atomic E-state index is 0.330. The lowest BCUT2D eigenvalue weighted by Gasteiger charge is -2.13. The predicted molar refractivity (Wildman–Crippen MR) is 69.7 cm³/mol. The van der Waals surface area contributed by atoms with Gasteiger partial charge in [-0.1, -0.05) is 0 Å². The number of hydrogen-bond acceptors (Lipinski definition) is 4. The molecule has 18 heavy (non-hydrogen) atoms. The highest BCUT2D eigenvalue weighted by molar-refractivity contribution is 5.45. The number of anilines is 1. The van der Waals surface area contributed by atoms with Crippen LogP contribution < -0.4 is 5.32 Å². The van der Waals surface area contributed by atoms with Gasteiger partial charge in [-0.15, -0.1) is 5.10 Å². The Morgan fingerprint density at radius 1 is 1.56 bits per heavy atom. The number of pyridine rings is 1. The number of nitrogens with one attached hydrogen (secondary N) is 1. The van der Waals surface area contributed by atoms with E-state index in [1.54, 1.807) is 4.52 Å². The molecule has 5 heteroatoms. The molecule has 1 N–H and O–H groups in total. The highest BCUT2D eigenvalue weighted by atomic mass is 16.5. The molecule has 1 aliphatic rings. The van der Waals surface area contributed by atoms with Crippen LogP contribution in [0.15, 0.2) is 18.3 Å². The van der Waals surface area contributed by atoms with Crippen molar-refractivity contribution in [3.63, 3.8) is 0 Å². The molecule has 1 aliphatic heterocycles. The van der Waals surface area contributed by atoms with E-state index >= 15 is 0 Å². The third kappa shape index (κ3) is 2.18. The van der Waals surface area contributed by atoms with Crippen molar-refractivity contribution in [1.82, 2.24) is 14.6 Å². The summed E-state index contributed by atoms with van der Waals surface area (Å²) in [4.78, 5) is 4.46. The van der Waals surface area contributed by atoms with Crippen LogP contribution in [0.4, 0.5) is 5.95 Å². The molecule has 2 unspecified atom stereocenters. The monoisotopic (exact) mass is 246 g/mol. The predicted octanol–water partition coefficient (Wildman–Crippen LogP) is 1.87. The normalized spacial score (nSPS) is 23.7. The number of aromatic nitrogens is 3. The largest absolute Gasteiger partial charge is 0.378 e. The van der Waals surface area contributed by atoms with Gasteiger partial charge in [-0.3, -0.25) is 0 Å². The van der Waals surface area contributed by atoms with E-state index in [4.69, 9.17) is 4.74 Å². The second kappa shape index (κ2) is 4.57. The van der Waals surface area contributed by atoms with Gasteiger partial charge in [0.25, 0.3) is 0 Å². The quantitative estimate of drug-likeness (QED) is 0.898. The van der Waals surface area contributed by atoms with Crippen LogP contribution in [-0.2, 0) is 4.74 Å². The molecule has 2 aromatic heterocycles. The lowest BCUT2D eigenvalue weighted by Crippen LogP contribution is -2.21. The maximum absolute atomic E-state index is 5.54. The van der Waals surface area contributed by atoms with Crippen LogP contribution in [0.5, 0.6) is 0 Å². The fourth-order valence-electron chi connectivity index (χ4n) is 2.32. The molecule has 1 fully saturated rings. The first-order valence-electron chi connectivity index (χ1n) is 6.41. The van der Waals surface area contributed by atoms with Gasteiger partial charge in [0, 0.05) is 25.3 Å². The molecule has 0 radical (unpaired) electrons. The first-order chi connectivity index (χ1) is 8.72. The Hall–Kier alpha value is -1.62. The van der Waals surface area contributed by atoms with Crippen LogP contribution >= 0.6 is 0 Å². The summed E-state index contributed by atoms with van der Waals surface area (Å²) in [5, 5.41) is 7.70. The van der Waals surface area contributed by atoms with Crippen LogP contribution in [0.2, 0.25) is 0 Å². The Kier molecular flexibility index (Phi) is 2.91. The third-order valence-corrected chi connectivity index (χ3v) is 3.55. The van der Waals surface area contributed by atoms with Crippen molar-refractivity contribution in [2.45, 2.75) is 26.4 Å². The molecule has 1 saturated heterocycles. The summed E-state index contributed by atoms with van der Waals surface area (Å²) in [6, 6.07) is 4.05. The number of fused-ring (bicyclic) bond motifs is 1. The molecule has 2 aromatic rings. The molecular formula is C13H18N4O. The highest BCUT2D eigenvalue weighted by Gasteiger charge is 2.24. The molecular weight excluding hydrogens is 228 g/mol. The van der Waals surface area contributed by atoms with Gasteiger partial charge in [-0.2, -0.15) is 4.98 Å². The van der Waals surface area contributed by atoms with Gasteiger partial charge < -0.3 is 10.1 Å². The van der Waals surface area contributed by atoms with E-state index in [-0.39, 0.29) is 0 Å². The number of ether oxygens (including phenoxy) is 1. The molecule has 0 spiro atoms. The Bertz CT molecular complexity index is 551. The van der Waals surface area contributed by atoms with Crippen LogP contribution in [0.3, 0.4) is 0 Å². The number of hydrogen-bond donors (Lipinski definition) is 1. The van der Waals surface area contributed by atoms with Crippen molar-refractivity contribution in [2.75, 3.05) is 18.5 Å². The van der Waals surface area contributed by atoms with Crippen molar-refractivity contribution in [3.8, 4) is 0 Å². The zero-order valence-corrected chi connectivity index (χ0v) is 10.8. The van der Waals surface area contributed by atoms with E-state index in [0.29, 0.717) is 18.0 Å². The number of aryl methyl sites for hydroxylation is 1. The summed E-state index contributed by atoms with van der Waals surface area (Å²) in [5.74, 6) is 1.25. The first kappa shape index (κ1) is 11.5.